The van der Waals surface area contributed by atoms with Gasteiger partial charge in [0.2, 0.25) is 0 Å². The molecule has 0 aromatic heterocycles. The molecule has 0 radical (unpaired) electrons. The maximum absolute atomic E-state index is 12.1. The van der Waals surface area contributed by atoms with Crippen molar-refractivity contribution in [2.45, 2.75) is 46.0 Å². The molecule has 2 aliphatic rings. The summed E-state index contributed by atoms with van der Waals surface area (Å²) in [5.74, 6) is 0.516. The molecule has 82 valence electrons. The topological polar surface area (TPSA) is 17.1 Å². The molecule has 0 aromatic carbocycles. The van der Waals surface area contributed by atoms with E-state index in [0.29, 0.717) is 11.2 Å². The highest BCUT2D eigenvalue weighted by atomic mass is 16.1. The third-order valence-electron chi connectivity index (χ3n) is 4.11. The van der Waals surface area contributed by atoms with Crippen molar-refractivity contribution in [3.63, 3.8) is 0 Å². The van der Waals surface area contributed by atoms with Gasteiger partial charge in [0.25, 0.3) is 0 Å². The zero-order valence-electron chi connectivity index (χ0n) is 9.75. The van der Waals surface area contributed by atoms with Gasteiger partial charge in [0.05, 0.1) is 0 Å². The minimum atomic E-state index is 0.191. The summed E-state index contributed by atoms with van der Waals surface area (Å²) in [5.41, 5.74) is 1.61. The molecule has 0 heterocycles. The standard InChI is InChI=1S/C14H20O/c1-3-6-12(15)13-11(2)7-10-14(13)8-4-5-9-14/h3,6-7,13H,4-5,8-10H2,1-2H3/b6-3+. The zero-order valence-corrected chi connectivity index (χ0v) is 9.75. The highest BCUT2D eigenvalue weighted by molar-refractivity contribution is 5.94. The first kappa shape index (κ1) is 10.7. The van der Waals surface area contributed by atoms with Gasteiger partial charge < -0.3 is 0 Å². The van der Waals surface area contributed by atoms with Crippen LogP contribution in [0.2, 0.25) is 0 Å². The fourth-order valence-electron chi connectivity index (χ4n) is 3.44. The number of rotatable bonds is 2. The maximum Gasteiger partial charge on any atom is 0.163 e. The van der Waals surface area contributed by atoms with Gasteiger partial charge in [0, 0.05) is 5.92 Å². The zero-order chi connectivity index (χ0) is 10.9. The summed E-state index contributed by atoms with van der Waals surface area (Å²) in [7, 11) is 0. The predicted molar refractivity (Wildman–Crippen MR) is 62.6 cm³/mol. The van der Waals surface area contributed by atoms with Crippen LogP contribution in [0, 0.1) is 11.3 Å². The summed E-state index contributed by atoms with van der Waals surface area (Å²) in [5, 5.41) is 0. The van der Waals surface area contributed by atoms with Crippen LogP contribution in [0.1, 0.15) is 46.0 Å². The number of allylic oxidation sites excluding steroid dienone is 4. The van der Waals surface area contributed by atoms with Crippen LogP contribution in [-0.2, 0) is 4.79 Å². The lowest BCUT2D eigenvalue weighted by Gasteiger charge is -2.31. The molecule has 0 bridgehead atoms. The van der Waals surface area contributed by atoms with Crippen molar-refractivity contribution < 1.29 is 4.79 Å². The Balaban J connectivity index is 2.25. The van der Waals surface area contributed by atoms with Crippen LogP contribution in [0.4, 0.5) is 0 Å². The molecule has 0 N–H and O–H groups in total. The van der Waals surface area contributed by atoms with E-state index < -0.39 is 0 Å². The van der Waals surface area contributed by atoms with Crippen LogP contribution in [0.5, 0.6) is 0 Å². The van der Waals surface area contributed by atoms with E-state index in [2.05, 4.69) is 13.0 Å². The minimum absolute atomic E-state index is 0.191. The average Bonchev–Trinajstić information content (AvgIpc) is 2.77. The van der Waals surface area contributed by atoms with E-state index in [0.717, 1.165) is 6.42 Å². The lowest BCUT2D eigenvalue weighted by Crippen LogP contribution is -2.29. The Labute approximate surface area is 92.3 Å². The molecule has 0 saturated heterocycles. The van der Waals surface area contributed by atoms with Gasteiger partial charge in [0.1, 0.15) is 0 Å². The van der Waals surface area contributed by atoms with Gasteiger partial charge in [-0.2, -0.15) is 0 Å². The third-order valence-corrected chi connectivity index (χ3v) is 4.11. The van der Waals surface area contributed by atoms with Gasteiger partial charge in [-0.25, -0.2) is 0 Å². The largest absolute Gasteiger partial charge is 0.294 e. The SMILES string of the molecule is C/C=C/C(=O)C1C(C)=CCC12CCCC2. The summed E-state index contributed by atoms with van der Waals surface area (Å²) in [6.45, 7) is 4.05. The van der Waals surface area contributed by atoms with E-state index in [-0.39, 0.29) is 5.92 Å². The minimum Gasteiger partial charge on any atom is -0.294 e. The van der Waals surface area contributed by atoms with Crippen LogP contribution in [0.3, 0.4) is 0 Å². The monoisotopic (exact) mass is 204 g/mol. The molecule has 1 spiro atoms. The Morgan fingerprint density at radius 3 is 2.73 bits per heavy atom. The van der Waals surface area contributed by atoms with Crippen molar-refractivity contribution in [3.05, 3.63) is 23.8 Å². The lowest BCUT2D eigenvalue weighted by molar-refractivity contribution is -0.120. The first-order valence-electron chi connectivity index (χ1n) is 6.03. The van der Waals surface area contributed by atoms with E-state index in [4.69, 9.17) is 0 Å². The molecule has 0 amide bonds. The van der Waals surface area contributed by atoms with Gasteiger partial charge in [-0.15, -0.1) is 0 Å². The van der Waals surface area contributed by atoms with E-state index in [1.165, 1.54) is 31.3 Å². The summed E-state index contributed by atoms with van der Waals surface area (Å²) in [6.07, 6.45) is 12.2. The normalized spacial score (nSPS) is 28.9. The van der Waals surface area contributed by atoms with Crippen molar-refractivity contribution in [1.29, 1.82) is 0 Å². The number of carbonyl (C=O) groups excluding carboxylic acids is 1. The van der Waals surface area contributed by atoms with E-state index in [1.54, 1.807) is 6.08 Å². The molecular weight excluding hydrogens is 184 g/mol. The summed E-state index contributed by atoms with van der Waals surface area (Å²) in [6, 6.07) is 0. The van der Waals surface area contributed by atoms with Crippen LogP contribution < -0.4 is 0 Å². The van der Waals surface area contributed by atoms with Crippen molar-refractivity contribution in [2.75, 3.05) is 0 Å². The van der Waals surface area contributed by atoms with Gasteiger partial charge >= 0.3 is 0 Å². The Hall–Kier alpha value is -0.850. The van der Waals surface area contributed by atoms with Crippen LogP contribution >= 0.6 is 0 Å². The molecule has 1 nitrogen and oxygen atoms in total. The number of ketones is 1. The van der Waals surface area contributed by atoms with Crippen LogP contribution in [-0.4, -0.2) is 5.78 Å². The molecule has 1 fully saturated rings. The lowest BCUT2D eigenvalue weighted by atomic mass is 9.72. The second-order valence-corrected chi connectivity index (χ2v) is 5.06. The molecule has 1 saturated carbocycles. The summed E-state index contributed by atoms with van der Waals surface area (Å²) >= 11 is 0. The van der Waals surface area contributed by atoms with Gasteiger partial charge in [0.15, 0.2) is 5.78 Å². The number of hydrogen-bond donors (Lipinski definition) is 0. The number of hydrogen-bond acceptors (Lipinski definition) is 1. The third kappa shape index (κ3) is 1.68. The Morgan fingerprint density at radius 1 is 1.47 bits per heavy atom. The molecule has 0 aliphatic heterocycles. The predicted octanol–water partition coefficient (Wildman–Crippen LogP) is 3.66. The Bertz CT molecular complexity index is 316. The van der Waals surface area contributed by atoms with Gasteiger partial charge in [-0.3, -0.25) is 4.79 Å². The Kier molecular flexibility index (Phi) is 2.81. The fraction of sp³-hybridized carbons (Fsp3) is 0.643. The van der Waals surface area contributed by atoms with Crippen molar-refractivity contribution in [1.82, 2.24) is 0 Å². The first-order chi connectivity index (χ1) is 7.19. The van der Waals surface area contributed by atoms with Crippen molar-refractivity contribution in [3.8, 4) is 0 Å². The van der Waals surface area contributed by atoms with Crippen LogP contribution in [0.15, 0.2) is 23.8 Å². The quantitative estimate of drug-likeness (QED) is 0.495. The van der Waals surface area contributed by atoms with Crippen molar-refractivity contribution in [2.24, 2.45) is 11.3 Å². The second kappa shape index (κ2) is 3.96. The molecular formula is C14H20O. The average molecular weight is 204 g/mol. The molecule has 2 aliphatic carbocycles. The summed E-state index contributed by atoms with van der Waals surface area (Å²) < 4.78 is 0. The first-order valence-corrected chi connectivity index (χ1v) is 6.03. The van der Waals surface area contributed by atoms with E-state index in [9.17, 15) is 4.79 Å². The molecule has 2 rings (SSSR count). The molecule has 0 aromatic rings. The molecule has 15 heavy (non-hydrogen) atoms. The smallest absolute Gasteiger partial charge is 0.163 e. The van der Waals surface area contributed by atoms with Crippen LogP contribution in [0.25, 0.3) is 0 Å². The van der Waals surface area contributed by atoms with E-state index in [1.807, 2.05) is 13.0 Å². The van der Waals surface area contributed by atoms with Gasteiger partial charge in [-0.1, -0.05) is 30.6 Å². The molecule has 1 heteroatoms. The van der Waals surface area contributed by atoms with Gasteiger partial charge in [-0.05, 0) is 44.6 Å². The van der Waals surface area contributed by atoms with E-state index >= 15 is 0 Å². The van der Waals surface area contributed by atoms with Crippen molar-refractivity contribution >= 4 is 5.78 Å². The highest BCUT2D eigenvalue weighted by Crippen LogP contribution is 2.54. The number of carbonyl (C=O) groups is 1. The maximum atomic E-state index is 12.1. The molecule has 1 unspecified atom stereocenters. The highest BCUT2D eigenvalue weighted by Gasteiger charge is 2.46. The second-order valence-electron chi connectivity index (χ2n) is 5.06. The molecule has 1 atom stereocenters. The Morgan fingerprint density at radius 2 is 2.13 bits per heavy atom. The fourth-order valence-corrected chi connectivity index (χ4v) is 3.44. The summed E-state index contributed by atoms with van der Waals surface area (Å²) in [4.78, 5) is 12.1.